The van der Waals surface area contributed by atoms with Crippen LogP contribution in [-0.2, 0) is 10.0 Å². The van der Waals surface area contributed by atoms with Crippen LogP contribution >= 0.6 is 0 Å². The van der Waals surface area contributed by atoms with Crippen molar-refractivity contribution in [1.82, 2.24) is 10.1 Å². The maximum Gasteiger partial charge on any atom is 0.255 e. The molecule has 4 rings (SSSR count). The summed E-state index contributed by atoms with van der Waals surface area (Å²) in [4.78, 5) is 16.9. The first-order chi connectivity index (χ1) is 13.9. The molecular weight excluding hydrogens is 392 g/mol. The fraction of sp³-hybridized carbons (Fsp3) is 0.250. The van der Waals surface area contributed by atoms with E-state index < -0.39 is 10.0 Å². The van der Waals surface area contributed by atoms with E-state index in [1.54, 1.807) is 24.3 Å². The molecule has 3 N–H and O–H groups in total. The molecular formula is C20H20N4O4S. The third kappa shape index (κ3) is 4.36. The summed E-state index contributed by atoms with van der Waals surface area (Å²) >= 11 is 0. The van der Waals surface area contributed by atoms with Gasteiger partial charge in [-0.3, -0.25) is 4.79 Å². The van der Waals surface area contributed by atoms with Gasteiger partial charge in [-0.05, 0) is 49.2 Å². The van der Waals surface area contributed by atoms with E-state index in [-0.39, 0.29) is 10.8 Å². The van der Waals surface area contributed by atoms with E-state index in [1.807, 2.05) is 0 Å². The number of sulfonamides is 1. The van der Waals surface area contributed by atoms with Crippen LogP contribution in [-0.4, -0.2) is 24.5 Å². The quantitative estimate of drug-likeness (QED) is 0.662. The summed E-state index contributed by atoms with van der Waals surface area (Å²) in [7, 11) is -3.77. The van der Waals surface area contributed by atoms with Crippen molar-refractivity contribution in [3.05, 3.63) is 60.0 Å². The minimum absolute atomic E-state index is 0.0167. The highest BCUT2D eigenvalue weighted by Crippen LogP contribution is 2.33. The molecule has 0 aliphatic heterocycles. The standard InChI is InChI=1S/C20H20N4O4S/c21-29(26,27)17-11-9-16(10-12-17)22-19(25)14-7-5-13(6-8-14)18-23-20(28-24-18)15-3-1-2-4-15/h5-12,15H,1-4H2,(H,22,25)(H2,21,26,27). The van der Waals surface area contributed by atoms with Gasteiger partial charge in [-0.1, -0.05) is 30.1 Å². The Kier molecular flexibility index (Phi) is 5.16. The number of carbonyl (C=O) groups is 1. The smallest absolute Gasteiger partial charge is 0.255 e. The van der Waals surface area contributed by atoms with Gasteiger partial charge in [0.25, 0.3) is 5.91 Å². The summed E-state index contributed by atoms with van der Waals surface area (Å²) < 4.78 is 28.0. The van der Waals surface area contributed by atoms with Gasteiger partial charge in [0.1, 0.15) is 0 Å². The highest BCUT2D eigenvalue weighted by molar-refractivity contribution is 7.89. The van der Waals surface area contributed by atoms with Crippen LogP contribution in [0.4, 0.5) is 5.69 Å². The maximum absolute atomic E-state index is 12.4. The van der Waals surface area contributed by atoms with Crippen LogP contribution in [0.5, 0.6) is 0 Å². The molecule has 150 valence electrons. The summed E-state index contributed by atoms with van der Waals surface area (Å²) in [5, 5.41) is 11.8. The van der Waals surface area contributed by atoms with Crippen LogP contribution in [0.1, 0.15) is 47.8 Å². The Labute approximate surface area is 168 Å². The first-order valence-corrected chi connectivity index (χ1v) is 10.8. The summed E-state index contributed by atoms with van der Waals surface area (Å²) in [6, 6.07) is 12.5. The van der Waals surface area contributed by atoms with Gasteiger partial charge < -0.3 is 9.84 Å². The second kappa shape index (κ2) is 7.76. The van der Waals surface area contributed by atoms with Crippen molar-refractivity contribution in [3.8, 4) is 11.4 Å². The Morgan fingerprint density at radius 3 is 2.31 bits per heavy atom. The molecule has 1 amide bonds. The Hall–Kier alpha value is -3.04. The van der Waals surface area contributed by atoms with Gasteiger partial charge >= 0.3 is 0 Å². The van der Waals surface area contributed by atoms with Crippen molar-refractivity contribution in [2.24, 2.45) is 5.14 Å². The minimum Gasteiger partial charge on any atom is -0.339 e. The van der Waals surface area contributed by atoms with E-state index in [9.17, 15) is 13.2 Å². The van der Waals surface area contributed by atoms with E-state index in [2.05, 4.69) is 15.5 Å². The van der Waals surface area contributed by atoms with Crippen LogP contribution in [0.25, 0.3) is 11.4 Å². The zero-order chi connectivity index (χ0) is 20.4. The molecule has 9 heteroatoms. The largest absolute Gasteiger partial charge is 0.339 e. The molecule has 3 aromatic rings. The molecule has 1 heterocycles. The van der Waals surface area contributed by atoms with Gasteiger partial charge in [0, 0.05) is 22.7 Å². The van der Waals surface area contributed by atoms with Crippen molar-refractivity contribution >= 4 is 21.6 Å². The Bertz CT molecular complexity index is 1120. The highest BCUT2D eigenvalue weighted by atomic mass is 32.2. The third-order valence-corrected chi connectivity index (χ3v) is 5.92. The summed E-state index contributed by atoms with van der Waals surface area (Å²) in [6.45, 7) is 0. The number of carbonyl (C=O) groups excluding carboxylic acids is 1. The van der Waals surface area contributed by atoms with E-state index >= 15 is 0 Å². The molecule has 0 atom stereocenters. The number of hydrogen-bond acceptors (Lipinski definition) is 6. The number of primary sulfonamides is 1. The topological polar surface area (TPSA) is 128 Å². The van der Waals surface area contributed by atoms with Gasteiger partial charge in [-0.2, -0.15) is 4.98 Å². The molecule has 0 saturated heterocycles. The highest BCUT2D eigenvalue weighted by Gasteiger charge is 2.23. The SMILES string of the molecule is NS(=O)(=O)c1ccc(NC(=O)c2ccc(-c3noc(C4CCCC4)n3)cc2)cc1. The lowest BCUT2D eigenvalue weighted by Gasteiger charge is -2.06. The number of nitrogens with zero attached hydrogens (tertiary/aromatic N) is 2. The number of anilines is 1. The summed E-state index contributed by atoms with van der Waals surface area (Å²) in [5.41, 5.74) is 1.68. The number of nitrogens with one attached hydrogen (secondary N) is 1. The molecule has 8 nitrogen and oxygen atoms in total. The van der Waals surface area contributed by atoms with Crippen LogP contribution < -0.4 is 10.5 Å². The van der Waals surface area contributed by atoms with E-state index in [0.717, 1.165) is 18.4 Å². The fourth-order valence-corrected chi connectivity index (χ4v) is 3.91. The number of benzene rings is 2. The number of amides is 1. The van der Waals surface area contributed by atoms with Gasteiger partial charge in [-0.25, -0.2) is 13.6 Å². The van der Waals surface area contributed by atoms with Crippen molar-refractivity contribution in [2.45, 2.75) is 36.5 Å². The lowest BCUT2D eigenvalue weighted by molar-refractivity contribution is 0.102. The predicted octanol–water partition coefficient (Wildman–Crippen LogP) is 3.29. The van der Waals surface area contributed by atoms with Crippen molar-refractivity contribution in [1.29, 1.82) is 0 Å². The van der Waals surface area contributed by atoms with Crippen molar-refractivity contribution < 1.29 is 17.7 Å². The summed E-state index contributed by atoms with van der Waals surface area (Å²) in [6.07, 6.45) is 4.55. The fourth-order valence-electron chi connectivity index (χ4n) is 3.39. The third-order valence-electron chi connectivity index (χ3n) is 4.99. The lowest BCUT2D eigenvalue weighted by atomic mass is 10.1. The molecule has 0 radical (unpaired) electrons. The normalized spacial score (nSPS) is 14.8. The number of hydrogen-bond donors (Lipinski definition) is 2. The molecule has 0 bridgehead atoms. The second-order valence-electron chi connectivity index (χ2n) is 7.04. The zero-order valence-corrected chi connectivity index (χ0v) is 16.4. The first kappa shape index (κ1) is 19.3. The molecule has 0 unspecified atom stereocenters. The van der Waals surface area contributed by atoms with Crippen molar-refractivity contribution in [2.75, 3.05) is 5.32 Å². The van der Waals surface area contributed by atoms with E-state index in [4.69, 9.17) is 9.66 Å². The van der Waals surface area contributed by atoms with Crippen LogP contribution in [0, 0.1) is 0 Å². The average molecular weight is 412 g/mol. The number of nitrogens with two attached hydrogens (primary N) is 1. The van der Waals surface area contributed by atoms with Gasteiger partial charge in [0.15, 0.2) is 0 Å². The van der Waals surface area contributed by atoms with E-state index in [1.165, 1.54) is 37.1 Å². The molecule has 1 saturated carbocycles. The Morgan fingerprint density at radius 2 is 1.69 bits per heavy atom. The lowest BCUT2D eigenvalue weighted by Crippen LogP contribution is -2.13. The molecule has 29 heavy (non-hydrogen) atoms. The Morgan fingerprint density at radius 1 is 1.03 bits per heavy atom. The molecule has 1 aromatic heterocycles. The van der Waals surface area contributed by atoms with Crippen LogP contribution in [0.2, 0.25) is 0 Å². The van der Waals surface area contributed by atoms with Gasteiger partial charge in [0.05, 0.1) is 4.90 Å². The average Bonchev–Trinajstić information content (AvgIpc) is 3.39. The second-order valence-corrected chi connectivity index (χ2v) is 8.60. The molecule has 1 aliphatic rings. The zero-order valence-electron chi connectivity index (χ0n) is 15.5. The van der Waals surface area contributed by atoms with E-state index in [0.29, 0.717) is 28.9 Å². The van der Waals surface area contributed by atoms with Gasteiger partial charge in [-0.15, -0.1) is 0 Å². The number of aromatic nitrogens is 2. The van der Waals surface area contributed by atoms with Crippen LogP contribution in [0.3, 0.4) is 0 Å². The first-order valence-electron chi connectivity index (χ1n) is 9.28. The predicted molar refractivity (Wildman–Crippen MR) is 107 cm³/mol. The van der Waals surface area contributed by atoms with Crippen LogP contribution in [0.15, 0.2) is 57.9 Å². The molecule has 1 aliphatic carbocycles. The maximum atomic E-state index is 12.4. The monoisotopic (exact) mass is 412 g/mol. The molecule has 1 fully saturated rings. The van der Waals surface area contributed by atoms with Gasteiger partial charge in [0.2, 0.25) is 21.7 Å². The molecule has 2 aromatic carbocycles. The minimum atomic E-state index is -3.77. The number of rotatable bonds is 5. The van der Waals surface area contributed by atoms with Crippen molar-refractivity contribution in [3.63, 3.8) is 0 Å². The molecule has 0 spiro atoms. The summed E-state index contributed by atoms with van der Waals surface area (Å²) in [5.74, 6) is 1.22. The Balaban J connectivity index is 1.44.